The zero-order valence-electron chi connectivity index (χ0n) is 11.9. The zero-order valence-corrected chi connectivity index (χ0v) is 12.7. The molecule has 1 aromatic rings. The van der Waals surface area contributed by atoms with Crippen LogP contribution in [0.2, 0.25) is 0 Å². The molecule has 0 amide bonds. The van der Waals surface area contributed by atoms with Gasteiger partial charge in [0.15, 0.2) is 0 Å². The van der Waals surface area contributed by atoms with Gasteiger partial charge in [-0.15, -0.1) is 11.3 Å². The van der Waals surface area contributed by atoms with Crippen LogP contribution in [0, 0.1) is 6.92 Å². The number of hydrogen-bond acceptors (Lipinski definition) is 4. The number of nitrogens with zero attached hydrogens (tertiary/aromatic N) is 1. The van der Waals surface area contributed by atoms with Crippen LogP contribution in [0.3, 0.4) is 0 Å². The third-order valence-corrected chi connectivity index (χ3v) is 5.72. The molecule has 0 radical (unpaired) electrons. The minimum Gasteiger partial charge on any atom is -0.477 e. The number of carbonyl (C=O) groups is 1. The third-order valence-electron chi connectivity index (χ3n) is 4.64. The first-order valence-electron chi connectivity index (χ1n) is 7.45. The number of aromatic carboxylic acids is 1. The van der Waals surface area contributed by atoms with Gasteiger partial charge in [0, 0.05) is 30.1 Å². The van der Waals surface area contributed by atoms with Gasteiger partial charge in [0.25, 0.3) is 0 Å². The van der Waals surface area contributed by atoms with Crippen molar-refractivity contribution in [1.29, 1.82) is 0 Å². The summed E-state index contributed by atoms with van der Waals surface area (Å²) in [5.41, 5.74) is 1.14. The first-order valence-corrected chi connectivity index (χ1v) is 8.27. The number of fused-ring (bicyclic) bond motifs is 1. The number of nitrogens with one attached hydrogen (secondary N) is 1. The van der Waals surface area contributed by atoms with E-state index in [0.29, 0.717) is 17.0 Å². The lowest BCUT2D eigenvalue weighted by molar-refractivity contribution is 0.0702. The topological polar surface area (TPSA) is 52.6 Å². The van der Waals surface area contributed by atoms with E-state index in [1.807, 2.05) is 13.0 Å². The molecule has 2 N–H and O–H groups in total. The fourth-order valence-electron chi connectivity index (χ4n) is 3.53. The average molecular weight is 294 g/mol. The van der Waals surface area contributed by atoms with Gasteiger partial charge >= 0.3 is 5.97 Å². The van der Waals surface area contributed by atoms with Crippen LogP contribution in [0.1, 0.15) is 45.8 Å². The highest BCUT2D eigenvalue weighted by Gasteiger charge is 2.35. The lowest BCUT2D eigenvalue weighted by Gasteiger charge is -2.32. The van der Waals surface area contributed by atoms with E-state index >= 15 is 0 Å². The van der Waals surface area contributed by atoms with Gasteiger partial charge in [0.2, 0.25) is 0 Å². The molecular weight excluding hydrogens is 272 g/mol. The molecule has 2 fully saturated rings. The molecule has 1 aromatic heterocycles. The van der Waals surface area contributed by atoms with Gasteiger partial charge in [-0.3, -0.25) is 4.90 Å². The summed E-state index contributed by atoms with van der Waals surface area (Å²) < 4.78 is 0. The molecule has 0 spiro atoms. The fraction of sp³-hybridized carbons (Fsp3) is 0.667. The Hall–Kier alpha value is -0.910. The maximum absolute atomic E-state index is 11.0. The number of thiophene rings is 1. The van der Waals surface area contributed by atoms with Crippen LogP contribution in [0.5, 0.6) is 0 Å². The van der Waals surface area contributed by atoms with Crippen LogP contribution in [-0.2, 0) is 6.54 Å². The normalized spacial score (nSPS) is 26.6. The Morgan fingerprint density at radius 2 is 2.30 bits per heavy atom. The van der Waals surface area contributed by atoms with Crippen molar-refractivity contribution in [2.24, 2.45) is 0 Å². The summed E-state index contributed by atoms with van der Waals surface area (Å²) in [5.74, 6) is -0.816. The van der Waals surface area contributed by atoms with E-state index in [2.05, 4.69) is 10.2 Å². The number of rotatable bonds is 4. The number of piperidine rings is 1. The maximum atomic E-state index is 11.0. The highest BCUT2D eigenvalue weighted by Crippen LogP contribution is 2.28. The van der Waals surface area contributed by atoms with E-state index in [0.717, 1.165) is 17.0 Å². The van der Waals surface area contributed by atoms with E-state index in [4.69, 9.17) is 5.11 Å². The number of hydrogen-bond donors (Lipinski definition) is 2. The number of carboxylic acid groups (broad SMARTS) is 1. The second kappa shape index (κ2) is 5.84. The summed E-state index contributed by atoms with van der Waals surface area (Å²) in [6.45, 7) is 5.27. The lowest BCUT2D eigenvalue weighted by Crippen LogP contribution is -2.44. The molecule has 20 heavy (non-hydrogen) atoms. The summed E-state index contributed by atoms with van der Waals surface area (Å²) in [6.07, 6.45) is 5.22. The average Bonchev–Trinajstić information content (AvgIpc) is 3.00. The second-order valence-electron chi connectivity index (χ2n) is 5.87. The quantitative estimate of drug-likeness (QED) is 0.896. The van der Waals surface area contributed by atoms with Gasteiger partial charge in [0.1, 0.15) is 4.88 Å². The molecule has 2 saturated heterocycles. The molecule has 2 aliphatic rings. The van der Waals surface area contributed by atoms with E-state index in [9.17, 15) is 4.79 Å². The van der Waals surface area contributed by atoms with Gasteiger partial charge < -0.3 is 10.4 Å². The third kappa shape index (κ3) is 2.75. The first-order chi connectivity index (χ1) is 9.65. The Labute approximate surface area is 123 Å². The smallest absolute Gasteiger partial charge is 0.345 e. The second-order valence-corrected chi connectivity index (χ2v) is 7.13. The van der Waals surface area contributed by atoms with E-state index in [1.165, 1.54) is 50.1 Å². The molecule has 110 valence electrons. The monoisotopic (exact) mass is 294 g/mol. The Kier molecular flexibility index (Phi) is 4.10. The summed E-state index contributed by atoms with van der Waals surface area (Å²) >= 11 is 1.38. The Bertz CT molecular complexity index is 500. The Balaban J connectivity index is 1.60. The largest absolute Gasteiger partial charge is 0.477 e. The molecule has 0 aromatic carbocycles. The molecule has 0 aliphatic carbocycles. The molecule has 2 aliphatic heterocycles. The van der Waals surface area contributed by atoms with Crippen molar-refractivity contribution in [3.05, 3.63) is 21.4 Å². The van der Waals surface area contributed by atoms with Gasteiger partial charge in [0.05, 0.1) is 0 Å². The van der Waals surface area contributed by atoms with Crippen molar-refractivity contribution in [3.8, 4) is 0 Å². The fourth-order valence-corrected chi connectivity index (χ4v) is 4.41. The lowest BCUT2D eigenvalue weighted by atomic mass is 9.99. The molecule has 2 atom stereocenters. The van der Waals surface area contributed by atoms with Gasteiger partial charge in [-0.05, 0) is 44.4 Å². The molecule has 3 rings (SSSR count). The summed E-state index contributed by atoms with van der Waals surface area (Å²) in [4.78, 5) is 15.2. The van der Waals surface area contributed by atoms with Gasteiger partial charge in [-0.25, -0.2) is 4.79 Å². The Morgan fingerprint density at radius 3 is 3.05 bits per heavy atom. The maximum Gasteiger partial charge on any atom is 0.345 e. The van der Waals surface area contributed by atoms with E-state index in [1.54, 1.807) is 0 Å². The van der Waals surface area contributed by atoms with Crippen LogP contribution >= 0.6 is 11.3 Å². The van der Waals surface area contributed by atoms with Crippen molar-refractivity contribution in [2.45, 2.75) is 51.2 Å². The molecule has 4 nitrogen and oxygen atoms in total. The molecule has 2 unspecified atom stereocenters. The van der Waals surface area contributed by atoms with Crippen LogP contribution in [0.4, 0.5) is 0 Å². The molecule has 5 heteroatoms. The predicted octanol–water partition coefficient (Wildman–Crippen LogP) is 2.47. The van der Waals surface area contributed by atoms with Crippen molar-refractivity contribution in [1.82, 2.24) is 10.2 Å². The molecule has 0 saturated carbocycles. The van der Waals surface area contributed by atoms with Crippen LogP contribution < -0.4 is 5.32 Å². The van der Waals surface area contributed by atoms with Crippen LogP contribution in [0.25, 0.3) is 0 Å². The summed E-state index contributed by atoms with van der Waals surface area (Å²) in [7, 11) is 0. The minimum atomic E-state index is -0.816. The summed E-state index contributed by atoms with van der Waals surface area (Å²) in [6, 6.07) is 3.09. The van der Waals surface area contributed by atoms with Crippen LogP contribution in [-0.4, -0.2) is 41.1 Å². The van der Waals surface area contributed by atoms with Gasteiger partial charge in [-0.2, -0.15) is 0 Å². The van der Waals surface area contributed by atoms with Crippen molar-refractivity contribution in [2.75, 3.05) is 13.1 Å². The SMILES string of the molecule is Cc1sc(C(=O)O)cc1CNC1CCN2CCCCC12. The van der Waals surface area contributed by atoms with Crippen LogP contribution in [0.15, 0.2) is 6.07 Å². The Morgan fingerprint density at radius 1 is 1.45 bits per heavy atom. The molecule has 3 heterocycles. The zero-order chi connectivity index (χ0) is 14.1. The minimum absolute atomic E-state index is 0.449. The van der Waals surface area contributed by atoms with E-state index in [-0.39, 0.29) is 0 Å². The standard InChI is InChI=1S/C15H22N2O2S/c1-10-11(8-14(20-10)15(18)19)9-16-12-5-7-17-6-3-2-4-13(12)17/h8,12-13,16H,2-7,9H2,1H3,(H,18,19). The van der Waals surface area contributed by atoms with Crippen molar-refractivity contribution in [3.63, 3.8) is 0 Å². The first kappa shape index (κ1) is 14.0. The summed E-state index contributed by atoms with van der Waals surface area (Å²) in [5, 5.41) is 12.7. The molecule has 0 bridgehead atoms. The van der Waals surface area contributed by atoms with Gasteiger partial charge in [-0.1, -0.05) is 6.42 Å². The van der Waals surface area contributed by atoms with E-state index < -0.39 is 5.97 Å². The van der Waals surface area contributed by atoms with Crippen molar-refractivity contribution >= 4 is 17.3 Å². The molecular formula is C15H22N2O2S. The predicted molar refractivity (Wildman–Crippen MR) is 80.5 cm³/mol. The number of carboxylic acids is 1. The highest BCUT2D eigenvalue weighted by molar-refractivity contribution is 7.14. The number of aryl methyl sites for hydroxylation is 1. The van der Waals surface area contributed by atoms with Crippen molar-refractivity contribution < 1.29 is 9.90 Å². The highest BCUT2D eigenvalue weighted by atomic mass is 32.1.